The first-order chi connectivity index (χ1) is 10.0. The van der Waals surface area contributed by atoms with E-state index in [0.717, 1.165) is 26.2 Å². The second-order valence-corrected chi connectivity index (χ2v) is 6.58. The lowest BCUT2D eigenvalue weighted by molar-refractivity contribution is 0.103. The fourth-order valence-electron chi connectivity index (χ4n) is 2.26. The molecule has 0 saturated carbocycles. The predicted octanol–water partition coefficient (Wildman–Crippen LogP) is 4.84. The van der Waals surface area contributed by atoms with Crippen molar-refractivity contribution in [1.82, 2.24) is 4.57 Å². The second kappa shape index (κ2) is 5.37. The molecule has 1 amide bonds. The van der Waals surface area contributed by atoms with Gasteiger partial charge in [0.15, 0.2) is 0 Å². The predicted molar refractivity (Wildman–Crippen MR) is 89.3 cm³/mol. The maximum Gasteiger partial charge on any atom is 0.265 e. The summed E-state index contributed by atoms with van der Waals surface area (Å²) in [5, 5.41) is 4.11. The Morgan fingerprint density at radius 2 is 2.00 bits per heavy atom. The van der Waals surface area contributed by atoms with Gasteiger partial charge in [-0.15, -0.1) is 11.3 Å². The third kappa shape index (κ3) is 2.72. The van der Waals surface area contributed by atoms with Crippen molar-refractivity contribution >= 4 is 33.0 Å². The van der Waals surface area contributed by atoms with Gasteiger partial charge in [-0.3, -0.25) is 4.79 Å². The lowest BCUT2D eigenvalue weighted by Crippen LogP contribution is -2.10. The summed E-state index contributed by atoms with van der Waals surface area (Å²) < 4.78 is 3.32. The van der Waals surface area contributed by atoms with Gasteiger partial charge in [-0.1, -0.05) is 18.2 Å². The molecule has 0 spiro atoms. The standard InChI is InChI=1S/C17H18N2OS/c1-11(2)19-9-13-8-15(21-16(13)10-19)17(20)18-14-7-5-4-6-12(14)3/h4-11H,1-3H3,(H,18,20). The molecule has 0 aliphatic heterocycles. The lowest BCUT2D eigenvalue weighted by atomic mass is 10.2. The van der Waals surface area contributed by atoms with E-state index < -0.39 is 0 Å². The molecule has 3 nitrogen and oxygen atoms in total. The molecule has 0 saturated heterocycles. The molecule has 0 aliphatic rings. The number of aromatic nitrogens is 1. The number of rotatable bonds is 3. The van der Waals surface area contributed by atoms with E-state index in [1.165, 1.54) is 11.3 Å². The normalized spacial score (nSPS) is 11.2. The number of carbonyl (C=O) groups is 1. The number of nitrogens with zero attached hydrogens (tertiary/aromatic N) is 1. The van der Waals surface area contributed by atoms with Crippen LogP contribution in [0.1, 0.15) is 35.1 Å². The van der Waals surface area contributed by atoms with Crippen molar-refractivity contribution in [2.75, 3.05) is 5.32 Å². The van der Waals surface area contributed by atoms with Crippen LogP contribution in [0.3, 0.4) is 0 Å². The summed E-state index contributed by atoms with van der Waals surface area (Å²) in [7, 11) is 0. The maximum atomic E-state index is 12.3. The minimum absolute atomic E-state index is 0.0402. The van der Waals surface area contributed by atoms with Crippen molar-refractivity contribution in [2.45, 2.75) is 26.8 Å². The summed E-state index contributed by atoms with van der Waals surface area (Å²) in [5.74, 6) is -0.0402. The number of anilines is 1. The minimum Gasteiger partial charge on any atom is -0.350 e. The highest BCUT2D eigenvalue weighted by atomic mass is 32.1. The highest BCUT2D eigenvalue weighted by Gasteiger charge is 2.13. The van der Waals surface area contributed by atoms with Crippen LogP contribution in [0.2, 0.25) is 0 Å². The Bertz CT molecular complexity index is 767. The summed E-state index contributed by atoms with van der Waals surface area (Å²) in [6.45, 7) is 6.29. The van der Waals surface area contributed by atoms with Gasteiger partial charge in [0, 0.05) is 29.5 Å². The zero-order valence-electron chi connectivity index (χ0n) is 12.4. The molecule has 4 heteroatoms. The van der Waals surface area contributed by atoms with Crippen LogP contribution in [0, 0.1) is 6.92 Å². The van der Waals surface area contributed by atoms with Crippen molar-refractivity contribution < 1.29 is 4.79 Å². The van der Waals surface area contributed by atoms with Gasteiger partial charge >= 0.3 is 0 Å². The SMILES string of the molecule is Cc1ccccc1NC(=O)c1cc2cn(C(C)C)cc2s1. The number of thiophene rings is 1. The smallest absolute Gasteiger partial charge is 0.265 e. The number of hydrogen-bond acceptors (Lipinski definition) is 2. The number of aryl methyl sites for hydroxylation is 1. The summed E-state index contributed by atoms with van der Waals surface area (Å²) in [6, 6.07) is 10.2. The topological polar surface area (TPSA) is 34.0 Å². The third-order valence-corrected chi connectivity index (χ3v) is 4.64. The molecule has 2 aromatic heterocycles. The third-order valence-electron chi connectivity index (χ3n) is 3.56. The molecular weight excluding hydrogens is 280 g/mol. The molecule has 0 bridgehead atoms. The van der Waals surface area contributed by atoms with Gasteiger partial charge in [0.1, 0.15) is 0 Å². The van der Waals surface area contributed by atoms with Crippen LogP contribution in [0.15, 0.2) is 42.7 Å². The largest absolute Gasteiger partial charge is 0.350 e. The molecule has 21 heavy (non-hydrogen) atoms. The summed E-state index contributed by atoms with van der Waals surface area (Å²) in [5.41, 5.74) is 1.94. The van der Waals surface area contributed by atoms with E-state index in [1.807, 2.05) is 37.3 Å². The van der Waals surface area contributed by atoms with Crippen molar-refractivity contribution in [3.63, 3.8) is 0 Å². The van der Waals surface area contributed by atoms with Gasteiger partial charge in [-0.2, -0.15) is 0 Å². The van der Waals surface area contributed by atoms with Crippen molar-refractivity contribution in [2.24, 2.45) is 0 Å². The van der Waals surface area contributed by atoms with Crippen LogP contribution in [0.25, 0.3) is 10.1 Å². The molecule has 3 aromatic rings. The quantitative estimate of drug-likeness (QED) is 0.737. The monoisotopic (exact) mass is 298 g/mol. The van der Waals surface area contributed by atoms with Gasteiger partial charge in [-0.25, -0.2) is 0 Å². The number of carbonyl (C=O) groups excluding carboxylic acids is 1. The molecular formula is C17H18N2OS. The Morgan fingerprint density at radius 1 is 1.24 bits per heavy atom. The highest BCUT2D eigenvalue weighted by molar-refractivity contribution is 7.20. The lowest BCUT2D eigenvalue weighted by Gasteiger charge is -2.07. The first kappa shape index (κ1) is 13.9. The first-order valence-electron chi connectivity index (χ1n) is 7.02. The van der Waals surface area contributed by atoms with E-state index in [2.05, 4.69) is 36.1 Å². The van der Waals surface area contributed by atoms with Crippen molar-refractivity contribution in [3.05, 3.63) is 53.2 Å². The molecule has 1 aromatic carbocycles. The molecule has 0 fully saturated rings. The van der Waals surface area contributed by atoms with E-state index in [1.54, 1.807) is 0 Å². The molecule has 0 unspecified atom stereocenters. The van der Waals surface area contributed by atoms with E-state index in [4.69, 9.17) is 0 Å². The number of fused-ring (bicyclic) bond motifs is 1. The highest BCUT2D eigenvalue weighted by Crippen LogP contribution is 2.28. The number of hydrogen-bond donors (Lipinski definition) is 1. The molecule has 3 rings (SSSR count). The minimum atomic E-state index is -0.0402. The van der Waals surface area contributed by atoms with E-state index in [9.17, 15) is 4.79 Å². The van der Waals surface area contributed by atoms with E-state index >= 15 is 0 Å². The van der Waals surface area contributed by atoms with Gasteiger partial charge in [-0.05, 0) is 38.5 Å². The van der Waals surface area contributed by atoms with Crippen LogP contribution in [-0.4, -0.2) is 10.5 Å². The van der Waals surface area contributed by atoms with E-state index in [0.29, 0.717) is 6.04 Å². The maximum absolute atomic E-state index is 12.3. The Hall–Kier alpha value is -2.07. The fraction of sp³-hybridized carbons (Fsp3) is 0.235. The second-order valence-electron chi connectivity index (χ2n) is 5.50. The van der Waals surface area contributed by atoms with Gasteiger partial charge in [0.05, 0.1) is 9.58 Å². The summed E-state index contributed by atoms with van der Waals surface area (Å²) in [6.07, 6.45) is 4.20. The summed E-state index contributed by atoms with van der Waals surface area (Å²) in [4.78, 5) is 13.1. The van der Waals surface area contributed by atoms with Crippen molar-refractivity contribution in [3.8, 4) is 0 Å². The van der Waals surface area contributed by atoms with Gasteiger partial charge in [0.2, 0.25) is 0 Å². The summed E-state index contributed by atoms with van der Waals surface area (Å²) >= 11 is 1.54. The van der Waals surface area contributed by atoms with Crippen molar-refractivity contribution in [1.29, 1.82) is 0 Å². The molecule has 2 heterocycles. The zero-order chi connectivity index (χ0) is 15.0. The van der Waals surface area contributed by atoms with Crippen LogP contribution in [0.4, 0.5) is 5.69 Å². The Balaban J connectivity index is 1.85. The van der Waals surface area contributed by atoms with E-state index in [-0.39, 0.29) is 5.91 Å². The van der Waals surface area contributed by atoms with Crippen LogP contribution in [0.5, 0.6) is 0 Å². The molecule has 0 radical (unpaired) electrons. The Kier molecular flexibility index (Phi) is 3.55. The zero-order valence-corrected chi connectivity index (χ0v) is 13.2. The first-order valence-corrected chi connectivity index (χ1v) is 7.84. The average Bonchev–Trinajstić information content (AvgIpc) is 2.99. The number of para-hydroxylation sites is 1. The molecule has 1 N–H and O–H groups in total. The fourth-order valence-corrected chi connectivity index (χ4v) is 3.23. The number of amides is 1. The van der Waals surface area contributed by atoms with Crippen LogP contribution >= 0.6 is 11.3 Å². The van der Waals surface area contributed by atoms with Crippen LogP contribution in [-0.2, 0) is 0 Å². The van der Waals surface area contributed by atoms with Gasteiger partial charge in [0.25, 0.3) is 5.91 Å². The average molecular weight is 298 g/mol. The number of benzene rings is 1. The Labute approximate surface area is 128 Å². The van der Waals surface area contributed by atoms with Crippen LogP contribution < -0.4 is 5.32 Å². The number of nitrogens with one attached hydrogen (secondary N) is 1. The molecule has 0 aliphatic carbocycles. The Morgan fingerprint density at radius 3 is 2.67 bits per heavy atom. The molecule has 0 atom stereocenters. The molecule has 108 valence electrons. The van der Waals surface area contributed by atoms with Gasteiger partial charge < -0.3 is 9.88 Å².